The van der Waals surface area contributed by atoms with Gasteiger partial charge in [-0.15, -0.1) is 0 Å². The molecule has 0 saturated heterocycles. The molecule has 636 valence electrons. The third-order valence-corrected chi connectivity index (χ3v) is 22.6. The van der Waals surface area contributed by atoms with Crippen LogP contribution in [-0.2, 0) is 65.4 Å². The summed E-state index contributed by atoms with van der Waals surface area (Å²) in [5.74, 6) is -0.488. The number of hydrogen-bond acceptors (Lipinski definition) is 15. The summed E-state index contributed by atoms with van der Waals surface area (Å²) in [6, 6.07) is 0. The maximum atomic E-state index is 13.2. The summed E-state index contributed by atoms with van der Waals surface area (Å²) in [5, 5.41) is 10.7. The van der Waals surface area contributed by atoms with Gasteiger partial charge in [-0.2, -0.15) is 0 Å². The topological polar surface area (TPSA) is 237 Å². The second-order valence-corrected chi connectivity index (χ2v) is 35.5. The first kappa shape index (κ1) is 105. The summed E-state index contributed by atoms with van der Waals surface area (Å²) < 4.78 is 69.0. The van der Waals surface area contributed by atoms with Crippen molar-refractivity contribution in [2.75, 3.05) is 39.6 Å². The van der Waals surface area contributed by atoms with Crippen molar-refractivity contribution >= 4 is 39.5 Å². The van der Waals surface area contributed by atoms with Crippen molar-refractivity contribution in [3.63, 3.8) is 0 Å². The molecule has 0 radical (unpaired) electrons. The molecule has 19 heteroatoms. The molecule has 107 heavy (non-hydrogen) atoms. The van der Waals surface area contributed by atoms with Crippen molar-refractivity contribution in [3.05, 3.63) is 0 Å². The molecule has 0 aliphatic heterocycles. The molecule has 0 saturated carbocycles. The van der Waals surface area contributed by atoms with Gasteiger partial charge in [0.25, 0.3) is 0 Å². The molecule has 0 amide bonds. The zero-order valence-electron chi connectivity index (χ0n) is 70.5. The number of aliphatic hydroxyl groups excluding tert-OH is 1. The molecule has 0 aromatic heterocycles. The molecule has 0 aromatic carbocycles. The van der Waals surface area contributed by atoms with Crippen LogP contribution in [0.1, 0.15) is 472 Å². The number of phosphoric acid groups is 2. The first-order valence-electron chi connectivity index (χ1n) is 45.5. The number of carbonyl (C=O) groups excluding carboxylic acids is 4. The summed E-state index contributed by atoms with van der Waals surface area (Å²) in [4.78, 5) is 73.3. The van der Waals surface area contributed by atoms with E-state index in [0.717, 1.165) is 102 Å². The van der Waals surface area contributed by atoms with Gasteiger partial charge in [-0.05, 0) is 37.5 Å². The Kier molecular flexibility index (Phi) is 77.9. The van der Waals surface area contributed by atoms with Gasteiger partial charge in [0.1, 0.15) is 19.3 Å². The number of phosphoric ester groups is 2. The average Bonchev–Trinajstić information content (AvgIpc) is 0.903. The van der Waals surface area contributed by atoms with Crippen LogP contribution in [0.15, 0.2) is 0 Å². The van der Waals surface area contributed by atoms with Gasteiger partial charge in [-0.3, -0.25) is 37.3 Å². The Hall–Kier alpha value is -1.94. The second kappa shape index (κ2) is 79.3. The largest absolute Gasteiger partial charge is 0.472 e. The highest BCUT2D eigenvalue weighted by Crippen LogP contribution is 2.45. The summed E-state index contributed by atoms with van der Waals surface area (Å²) in [6.45, 7) is 9.74. The predicted molar refractivity (Wildman–Crippen MR) is 442 cm³/mol. The van der Waals surface area contributed by atoms with Crippen molar-refractivity contribution in [3.8, 4) is 0 Å². The minimum atomic E-state index is -4.97. The molecule has 0 aliphatic carbocycles. The zero-order valence-corrected chi connectivity index (χ0v) is 72.2. The quantitative estimate of drug-likeness (QED) is 0.0222. The number of hydrogen-bond donors (Lipinski definition) is 3. The smallest absolute Gasteiger partial charge is 0.462 e. The van der Waals surface area contributed by atoms with Crippen molar-refractivity contribution in [2.24, 2.45) is 11.8 Å². The first-order chi connectivity index (χ1) is 51.9. The molecule has 0 heterocycles. The summed E-state index contributed by atoms with van der Waals surface area (Å²) >= 11 is 0. The third kappa shape index (κ3) is 81.9. The number of esters is 4. The van der Waals surface area contributed by atoms with Gasteiger partial charge in [-0.1, -0.05) is 420 Å². The number of aliphatic hydroxyl groups is 1. The predicted octanol–water partition coefficient (Wildman–Crippen LogP) is 27.0. The van der Waals surface area contributed by atoms with Crippen molar-refractivity contribution in [1.29, 1.82) is 0 Å². The Labute approximate surface area is 658 Å². The van der Waals surface area contributed by atoms with Gasteiger partial charge in [0, 0.05) is 25.7 Å². The lowest BCUT2D eigenvalue weighted by Crippen LogP contribution is -2.30. The number of unbranched alkanes of at least 4 members (excludes halogenated alkanes) is 57. The summed E-state index contributed by atoms with van der Waals surface area (Å²) in [5.41, 5.74) is 0. The Morgan fingerprint density at radius 2 is 0.430 bits per heavy atom. The molecule has 5 atom stereocenters. The van der Waals surface area contributed by atoms with Crippen LogP contribution < -0.4 is 0 Å². The van der Waals surface area contributed by atoms with Crippen LogP contribution in [0.4, 0.5) is 0 Å². The van der Waals surface area contributed by atoms with Crippen molar-refractivity contribution in [2.45, 2.75) is 490 Å². The number of rotatable bonds is 87. The lowest BCUT2D eigenvalue weighted by molar-refractivity contribution is -0.161. The fraction of sp³-hybridized carbons (Fsp3) is 0.955. The maximum absolute atomic E-state index is 13.2. The van der Waals surface area contributed by atoms with Crippen LogP contribution in [0.2, 0.25) is 0 Å². The maximum Gasteiger partial charge on any atom is 0.472 e. The van der Waals surface area contributed by atoms with Gasteiger partial charge < -0.3 is 33.8 Å². The Morgan fingerprint density at radius 3 is 0.636 bits per heavy atom. The normalized spacial score (nSPS) is 13.8. The molecule has 0 fully saturated rings. The highest BCUT2D eigenvalue weighted by atomic mass is 31.2. The standard InChI is InChI=1S/C88H172O17P2/c1-7-9-11-13-15-17-19-21-22-23-24-25-30-36-42-48-54-60-66-72-87(92)105-84(77-99-86(91)71-65-59-53-47-41-35-31-26-28-33-38-44-50-56-62-68-80(3)4)79-103-107(96,97)101-75-82(89)74-100-106(94,95)102-78-83(76-98-85(90)70-64-58-52-46-40-20-18-16-14-12-10-8-2)104-88(93)73-67-61-55-49-43-37-32-27-29-34-39-45-51-57-63-69-81(5)6/h80-84,89H,7-79H2,1-6H3,(H,94,95)(H,96,97)/t82-,83+,84+/m0/s1. The lowest BCUT2D eigenvalue weighted by atomic mass is 10.0. The van der Waals surface area contributed by atoms with Crippen LogP contribution in [0, 0.1) is 11.8 Å². The van der Waals surface area contributed by atoms with E-state index in [1.807, 2.05) is 0 Å². The molecule has 0 rings (SSSR count). The van der Waals surface area contributed by atoms with Gasteiger partial charge in [0.15, 0.2) is 12.2 Å². The summed E-state index contributed by atoms with van der Waals surface area (Å²) in [6.07, 6.45) is 72.1. The van der Waals surface area contributed by atoms with E-state index in [9.17, 15) is 43.2 Å². The molecule has 0 bridgehead atoms. The molecule has 0 spiro atoms. The lowest BCUT2D eigenvalue weighted by Gasteiger charge is -2.21. The van der Waals surface area contributed by atoms with E-state index in [-0.39, 0.29) is 25.7 Å². The van der Waals surface area contributed by atoms with Crippen molar-refractivity contribution in [1.82, 2.24) is 0 Å². The minimum Gasteiger partial charge on any atom is -0.462 e. The SMILES string of the molecule is CCCCCCCCCCCCCCCCCCCCCC(=O)O[C@H](COC(=O)CCCCCCCCCCCCCCCCCC(C)C)COP(=O)(O)OC[C@@H](O)COP(=O)(O)OC[C@@H](COC(=O)CCCCCCCCCCCCCC)OC(=O)CCCCCCCCCCCCCCCCCC(C)C. The average molecular weight is 1560 g/mol. The van der Waals surface area contributed by atoms with E-state index >= 15 is 0 Å². The first-order valence-corrected chi connectivity index (χ1v) is 48.5. The van der Waals surface area contributed by atoms with E-state index < -0.39 is 97.5 Å². The molecular formula is C88H172O17P2. The van der Waals surface area contributed by atoms with E-state index in [1.165, 1.54) is 289 Å². The summed E-state index contributed by atoms with van der Waals surface area (Å²) in [7, 11) is -9.93. The fourth-order valence-corrected chi connectivity index (χ4v) is 15.4. The van der Waals surface area contributed by atoms with Crippen LogP contribution in [0.5, 0.6) is 0 Å². The Morgan fingerprint density at radius 1 is 0.252 bits per heavy atom. The molecule has 0 aliphatic rings. The van der Waals surface area contributed by atoms with E-state index in [2.05, 4.69) is 41.5 Å². The molecular weight excluding hydrogens is 1390 g/mol. The monoisotopic (exact) mass is 1560 g/mol. The minimum absolute atomic E-state index is 0.108. The fourth-order valence-electron chi connectivity index (χ4n) is 13.8. The Bertz CT molecular complexity index is 2050. The molecule has 17 nitrogen and oxygen atoms in total. The van der Waals surface area contributed by atoms with Gasteiger partial charge in [0.2, 0.25) is 0 Å². The van der Waals surface area contributed by atoms with Crippen molar-refractivity contribution < 1.29 is 80.2 Å². The van der Waals surface area contributed by atoms with E-state index in [0.29, 0.717) is 25.7 Å². The van der Waals surface area contributed by atoms with Gasteiger partial charge in [0.05, 0.1) is 26.4 Å². The van der Waals surface area contributed by atoms with Crippen LogP contribution in [-0.4, -0.2) is 96.7 Å². The highest BCUT2D eigenvalue weighted by molar-refractivity contribution is 7.47. The molecule has 2 unspecified atom stereocenters. The Balaban J connectivity index is 5.26. The van der Waals surface area contributed by atoms with E-state index in [4.69, 9.17) is 37.0 Å². The number of carbonyl (C=O) groups is 4. The second-order valence-electron chi connectivity index (χ2n) is 32.6. The zero-order chi connectivity index (χ0) is 78.5. The van der Waals surface area contributed by atoms with Crippen LogP contribution in [0.25, 0.3) is 0 Å². The highest BCUT2D eigenvalue weighted by Gasteiger charge is 2.30. The van der Waals surface area contributed by atoms with E-state index in [1.54, 1.807) is 0 Å². The van der Waals surface area contributed by atoms with Crippen LogP contribution >= 0.6 is 15.6 Å². The molecule has 3 N–H and O–H groups in total. The number of ether oxygens (including phenoxy) is 4. The third-order valence-electron chi connectivity index (χ3n) is 20.7. The molecule has 0 aromatic rings. The van der Waals surface area contributed by atoms with Crippen LogP contribution in [0.3, 0.4) is 0 Å². The van der Waals surface area contributed by atoms with Gasteiger partial charge in [-0.25, -0.2) is 9.13 Å². The van der Waals surface area contributed by atoms with Gasteiger partial charge >= 0.3 is 39.5 Å².